The molecule has 134 valence electrons. The minimum atomic E-state index is -4.39. The number of fused-ring (bicyclic) bond motifs is 3. The van der Waals surface area contributed by atoms with Crippen molar-refractivity contribution in [3.63, 3.8) is 0 Å². The molecule has 1 heterocycles. The Morgan fingerprint density at radius 1 is 1.12 bits per heavy atom. The predicted molar refractivity (Wildman–Crippen MR) is 94.2 cm³/mol. The van der Waals surface area contributed by atoms with Gasteiger partial charge in [-0.3, -0.25) is 4.79 Å². The number of benzene rings is 2. The minimum absolute atomic E-state index is 0.00629. The summed E-state index contributed by atoms with van der Waals surface area (Å²) in [7, 11) is 0. The summed E-state index contributed by atoms with van der Waals surface area (Å²) in [5.41, 5.74) is 2.09. The Bertz CT molecular complexity index is 900. The fourth-order valence-corrected chi connectivity index (χ4v) is 4.15. The number of carbonyl (C=O) groups is 1. The van der Waals surface area contributed by atoms with Gasteiger partial charge in [0.25, 0.3) is 0 Å². The third-order valence-corrected chi connectivity index (χ3v) is 5.37. The van der Waals surface area contributed by atoms with E-state index in [0.29, 0.717) is 12.0 Å². The number of halogens is 3. The number of rotatable bonds is 2. The molecule has 5 heteroatoms. The lowest BCUT2D eigenvalue weighted by atomic mass is 9.75. The zero-order valence-corrected chi connectivity index (χ0v) is 14.2. The normalized spacial score (nSPS) is 23.9. The Hall–Kier alpha value is -2.56. The number of ketones is 1. The second-order valence-electron chi connectivity index (χ2n) is 6.92. The highest BCUT2D eigenvalue weighted by Gasteiger charge is 2.42. The van der Waals surface area contributed by atoms with E-state index in [-0.39, 0.29) is 23.2 Å². The zero-order chi connectivity index (χ0) is 18.5. The Morgan fingerprint density at radius 2 is 1.88 bits per heavy atom. The van der Waals surface area contributed by atoms with Crippen LogP contribution >= 0.6 is 0 Å². The van der Waals surface area contributed by atoms with E-state index in [2.05, 4.69) is 11.4 Å². The molecular formula is C21H18F3NO. The first kappa shape index (κ1) is 16.9. The van der Waals surface area contributed by atoms with Crippen LogP contribution in [-0.4, -0.2) is 5.78 Å². The van der Waals surface area contributed by atoms with Crippen LogP contribution in [0.15, 0.2) is 54.6 Å². The summed E-state index contributed by atoms with van der Waals surface area (Å²) < 4.78 is 40.5. The van der Waals surface area contributed by atoms with Gasteiger partial charge in [0, 0.05) is 17.2 Å². The van der Waals surface area contributed by atoms with Gasteiger partial charge in [0.05, 0.1) is 11.6 Å². The van der Waals surface area contributed by atoms with Gasteiger partial charge in [0.1, 0.15) is 0 Å². The monoisotopic (exact) mass is 357 g/mol. The van der Waals surface area contributed by atoms with Gasteiger partial charge in [-0.1, -0.05) is 30.4 Å². The van der Waals surface area contributed by atoms with Crippen LogP contribution in [0.25, 0.3) is 0 Å². The number of anilines is 1. The molecule has 1 aliphatic carbocycles. The van der Waals surface area contributed by atoms with E-state index < -0.39 is 17.8 Å². The van der Waals surface area contributed by atoms with Crippen LogP contribution in [0.1, 0.15) is 52.4 Å². The van der Waals surface area contributed by atoms with Gasteiger partial charge < -0.3 is 5.32 Å². The summed E-state index contributed by atoms with van der Waals surface area (Å²) in [6.45, 7) is 1.52. The lowest BCUT2D eigenvalue weighted by molar-refractivity contribution is -0.138. The largest absolute Gasteiger partial charge is 0.416 e. The standard InChI is InChI=1S/C21H18F3NO/c1-12(26)13-9-10-19-17(11-13)14-6-4-7-15(14)20(25-19)16-5-2-3-8-18(16)21(22,23)24/h2-6,8-11,14-15,20,25H,7H2,1H3/t14-,15+,20+/m1/s1. The number of hydrogen-bond donors (Lipinski definition) is 1. The number of carbonyl (C=O) groups excluding carboxylic acids is 1. The first-order valence-corrected chi connectivity index (χ1v) is 8.60. The average Bonchev–Trinajstić information content (AvgIpc) is 3.10. The van der Waals surface area contributed by atoms with Crippen molar-refractivity contribution in [2.45, 2.75) is 31.5 Å². The molecule has 2 aromatic rings. The molecule has 26 heavy (non-hydrogen) atoms. The highest BCUT2D eigenvalue weighted by molar-refractivity contribution is 5.95. The summed E-state index contributed by atoms with van der Waals surface area (Å²) in [5, 5.41) is 3.31. The van der Waals surface area contributed by atoms with Gasteiger partial charge in [0.2, 0.25) is 0 Å². The number of allylic oxidation sites excluding steroid dienone is 2. The average molecular weight is 357 g/mol. The van der Waals surface area contributed by atoms with Crippen LogP contribution in [0.2, 0.25) is 0 Å². The summed E-state index contributed by atoms with van der Waals surface area (Å²) in [6.07, 6.45) is 0.393. The first-order chi connectivity index (χ1) is 12.4. The molecule has 0 saturated carbocycles. The van der Waals surface area contributed by atoms with E-state index >= 15 is 0 Å². The Labute approximate surface area is 149 Å². The third kappa shape index (κ3) is 2.71. The van der Waals surface area contributed by atoms with E-state index in [1.165, 1.54) is 13.0 Å². The molecule has 1 aliphatic heterocycles. The summed E-state index contributed by atoms with van der Waals surface area (Å²) in [5.74, 6) is -0.0130. The fourth-order valence-electron chi connectivity index (χ4n) is 4.15. The van der Waals surface area contributed by atoms with Crippen molar-refractivity contribution < 1.29 is 18.0 Å². The smallest absolute Gasteiger partial charge is 0.378 e. The molecule has 2 aliphatic rings. The minimum Gasteiger partial charge on any atom is -0.378 e. The lowest BCUT2D eigenvalue weighted by Gasteiger charge is -2.38. The summed E-state index contributed by atoms with van der Waals surface area (Å²) >= 11 is 0. The van der Waals surface area contributed by atoms with E-state index in [4.69, 9.17) is 0 Å². The summed E-state index contributed by atoms with van der Waals surface area (Å²) in [6, 6.07) is 10.7. The van der Waals surface area contributed by atoms with Crippen LogP contribution < -0.4 is 5.32 Å². The van der Waals surface area contributed by atoms with Crippen molar-refractivity contribution in [2.24, 2.45) is 5.92 Å². The first-order valence-electron chi connectivity index (χ1n) is 8.60. The second-order valence-corrected chi connectivity index (χ2v) is 6.92. The molecule has 2 nitrogen and oxygen atoms in total. The molecule has 0 aromatic heterocycles. The van der Waals surface area contributed by atoms with Crippen molar-refractivity contribution >= 4 is 11.5 Å². The van der Waals surface area contributed by atoms with E-state index in [1.807, 2.05) is 12.1 Å². The van der Waals surface area contributed by atoms with Crippen LogP contribution in [0.5, 0.6) is 0 Å². The van der Waals surface area contributed by atoms with Crippen LogP contribution in [0, 0.1) is 5.92 Å². The van der Waals surface area contributed by atoms with Crippen molar-refractivity contribution in [1.82, 2.24) is 0 Å². The van der Waals surface area contributed by atoms with Gasteiger partial charge in [0.15, 0.2) is 5.78 Å². The molecule has 0 amide bonds. The molecule has 0 bridgehead atoms. The van der Waals surface area contributed by atoms with Crippen molar-refractivity contribution in [1.29, 1.82) is 0 Å². The number of Topliss-reactive ketones (excluding diaryl/α,β-unsaturated/α-hetero) is 1. The maximum absolute atomic E-state index is 13.5. The fraction of sp³-hybridized carbons (Fsp3) is 0.286. The maximum Gasteiger partial charge on any atom is 0.416 e. The van der Waals surface area contributed by atoms with Crippen LogP contribution in [0.3, 0.4) is 0 Å². The van der Waals surface area contributed by atoms with Gasteiger partial charge in [-0.05, 0) is 54.7 Å². The van der Waals surface area contributed by atoms with Crippen LogP contribution in [0.4, 0.5) is 18.9 Å². The van der Waals surface area contributed by atoms with E-state index in [9.17, 15) is 18.0 Å². The number of alkyl halides is 3. The molecule has 0 saturated heterocycles. The molecule has 3 atom stereocenters. The van der Waals surface area contributed by atoms with Crippen LogP contribution in [-0.2, 0) is 6.18 Å². The highest BCUT2D eigenvalue weighted by atomic mass is 19.4. The second kappa shape index (κ2) is 6.01. The molecule has 0 spiro atoms. The quantitative estimate of drug-likeness (QED) is 0.549. The zero-order valence-electron chi connectivity index (χ0n) is 14.2. The van der Waals surface area contributed by atoms with Gasteiger partial charge in [-0.15, -0.1) is 0 Å². The van der Waals surface area contributed by atoms with Gasteiger partial charge in [-0.2, -0.15) is 13.2 Å². The van der Waals surface area contributed by atoms with Gasteiger partial charge in [-0.25, -0.2) is 0 Å². The van der Waals surface area contributed by atoms with E-state index in [0.717, 1.165) is 17.3 Å². The molecule has 4 rings (SSSR count). The molecular weight excluding hydrogens is 339 g/mol. The van der Waals surface area contributed by atoms with Crippen molar-refractivity contribution in [2.75, 3.05) is 5.32 Å². The molecule has 0 unspecified atom stereocenters. The Kier molecular flexibility index (Phi) is 3.90. The number of nitrogens with one attached hydrogen (secondary N) is 1. The lowest BCUT2D eigenvalue weighted by Crippen LogP contribution is -2.31. The highest BCUT2D eigenvalue weighted by Crippen LogP contribution is 2.51. The maximum atomic E-state index is 13.5. The molecule has 1 N–H and O–H groups in total. The Balaban J connectivity index is 1.81. The number of hydrogen-bond acceptors (Lipinski definition) is 2. The predicted octanol–water partition coefficient (Wildman–Crippen LogP) is 5.73. The summed E-state index contributed by atoms with van der Waals surface area (Å²) in [4.78, 5) is 11.7. The molecule has 0 fully saturated rings. The topological polar surface area (TPSA) is 29.1 Å². The van der Waals surface area contributed by atoms with Crippen molar-refractivity contribution in [3.05, 3.63) is 76.9 Å². The van der Waals surface area contributed by atoms with Crippen molar-refractivity contribution in [3.8, 4) is 0 Å². The van der Waals surface area contributed by atoms with Gasteiger partial charge >= 0.3 is 6.18 Å². The SMILES string of the molecule is CC(=O)c1ccc2c(c1)[C@@H]1C=CC[C@@H]1[C@@H](c1ccccc1C(F)(F)F)N2. The molecule has 0 radical (unpaired) electrons. The van der Waals surface area contributed by atoms with E-state index in [1.54, 1.807) is 24.3 Å². The Morgan fingerprint density at radius 3 is 2.62 bits per heavy atom. The third-order valence-electron chi connectivity index (χ3n) is 5.37. The molecule has 2 aromatic carbocycles.